The van der Waals surface area contributed by atoms with Crippen LogP contribution in [0, 0.1) is 5.92 Å². The van der Waals surface area contributed by atoms with Gasteiger partial charge in [0.1, 0.15) is 0 Å². The van der Waals surface area contributed by atoms with E-state index in [0.29, 0.717) is 11.8 Å². The normalized spacial score (nSPS) is 17.9. The van der Waals surface area contributed by atoms with Crippen LogP contribution in [-0.4, -0.2) is 49.7 Å². The Morgan fingerprint density at radius 1 is 1.50 bits per heavy atom. The number of anilines is 1. The highest BCUT2D eigenvalue weighted by molar-refractivity contribution is 5.84. The van der Waals surface area contributed by atoms with Crippen LogP contribution in [0.15, 0.2) is 16.5 Å². The molecular formula is C13H20N2O3. The summed E-state index contributed by atoms with van der Waals surface area (Å²) in [5.41, 5.74) is 0. The van der Waals surface area contributed by atoms with E-state index in [2.05, 4.69) is 11.9 Å². The summed E-state index contributed by atoms with van der Waals surface area (Å²) in [5, 5.41) is 8.81. The van der Waals surface area contributed by atoms with E-state index in [0.717, 1.165) is 19.6 Å². The fraction of sp³-hybridized carbons (Fsp3) is 0.615. The Kier molecular flexibility index (Phi) is 3.91. The van der Waals surface area contributed by atoms with E-state index in [1.165, 1.54) is 18.9 Å². The average molecular weight is 252 g/mol. The SMILES string of the molecule is CN1CCC(CN(C)c2ccc(C(=O)O)o2)CC1. The van der Waals surface area contributed by atoms with Gasteiger partial charge in [0, 0.05) is 19.7 Å². The van der Waals surface area contributed by atoms with Gasteiger partial charge >= 0.3 is 5.97 Å². The van der Waals surface area contributed by atoms with E-state index in [1.54, 1.807) is 6.07 Å². The molecule has 1 aromatic rings. The minimum absolute atomic E-state index is 0.000211. The van der Waals surface area contributed by atoms with E-state index < -0.39 is 5.97 Å². The van der Waals surface area contributed by atoms with Crippen molar-refractivity contribution in [2.24, 2.45) is 5.92 Å². The first-order valence-electron chi connectivity index (χ1n) is 6.29. The number of carbonyl (C=O) groups is 1. The molecule has 0 aliphatic carbocycles. The highest BCUT2D eigenvalue weighted by Crippen LogP contribution is 2.22. The van der Waals surface area contributed by atoms with Crippen molar-refractivity contribution in [1.29, 1.82) is 0 Å². The van der Waals surface area contributed by atoms with Gasteiger partial charge in [-0.05, 0) is 45.0 Å². The van der Waals surface area contributed by atoms with Gasteiger partial charge in [-0.15, -0.1) is 0 Å². The number of carboxylic acids is 1. The average Bonchev–Trinajstić information content (AvgIpc) is 2.81. The molecule has 0 amide bonds. The number of rotatable bonds is 4. The van der Waals surface area contributed by atoms with Gasteiger partial charge in [-0.25, -0.2) is 4.79 Å². The van der Waals surface area contributed by atoms with Crippen LogP contribution in [0.25, 0.3) is 0 Å². The Morgan fingerprint density at radius 2 is 2.17 bits per heavy atom. The largest absolute Gasteiger partial charge is 0.475 e. The lowest BCUT2D eigenvalue weighted by Gasteiger charge is -2.31. The van der Waals surface area contributed by atoms with Gasteiger partial charge in [0.25, 0.3) is 0 Å². The second-order valence-corrected chi connectivity index (χ2v) is 5.07. The number of aromatic carboxylic acids is 1. The topological polar surface area (TPSA) is 56.9 Å². The molecule has 1 aliphatic heterocycles. The molecule has 2 rings (SSSR count). The third-order valence-electron chi connectivity index (χ3n) is 3.55. The second kappa shape index (κ2) is 5.44. The molecule has 5 nitrogen and oxygen atoms in total. The van der Waals surface area contributed by atoms with Crippen molar-refractivity contribution in [3.8, 4) is 0 Å². The third-order valence-corrected chi connectivity index (χ3v) is 3.55. The van der Waals surface area contributed by atoms with Crippen LogP contribution in [0.5, 0.6) is 0 Å². The van der Waals surface area contributed by atoms with E-state index >= 15 is 0 Å². The quantitative estimate of drug-likeness (QED) is 0.884. The first-order chi connectivity index (χ1) is 8.56. The van der Waals surface area contributed by atoms with Gasteiger partial charge in [-0.3, -0.25) is 0 Å². The molecule has 1 aliphatic rings. The molecule has 1 fully saturated rings. The maximum absolute atomic E-state index is 10.7. The molecule has 2 heterocycles. The Hall–Kier alpha value is -1.49. The molecule has 0 unspecified atom stereocenters. The van der Waals surface area contributed by atoms with Crippen LogP contribution < -0.4 is 4.90 Å². The first kappa shape index (κ1) is 13.0. The molecule has 0 saturated carbocycles. The smallest absolute Gasteiger partial charge is 0.371 e. The van der Waals surface area contributed by atoms with Gasteiger partial charge < -0.3 is 19.3 Å². The fourth-order valence-electron chi connectivity index (χ4n) is 2.37. The molecule has 5 heteroatoms. The maximum atomic E-state index is 10.7. The monoisotopic (exact) mass is 252 g/mol. The molecular weight excluding hydrogens is 232 g/mol. The first-order valence-corrected chi connectivity index (χ1v) is 6.29. The van der Waals surface area contributed by atoms with Crippen molar-refractivity contribution in [3.05, 3.63) is 17.9 Å². The van der Waals surface area contributed by atoms with Crippen LogP contribution in [0.4, 0.5) is 5.88 Å². The van der Waals surface area contributed by atoms with Gasteiger partial charge in [0.2, 0.25) is 5.76 Å². The van der Waals surface area contributed by atoms with E-state index in [1.807, 2.05) is 11.9 Å². The molecule has 0 radical (unpaired) electrons. The summed E-state index contributed by atoms with van der Waals surface area (Å²) in [6.07, 6.45) is 2.38. The molecule has 0 bridgehead atoms. The number of hydrogen-bond acceptors (Lipinski definition) is 4. The summed E-state index contributed by atoms with van der Waals surface area (Å²) in [5.74, 6) is 0.269. The Labute approximate surface area is 107 Å². The predicted molar refractivity (Wildman–Crippen MR) is 69.2 cm³/mol. The van der Waals surface area contributed by atoms with Crippen LogP contribution in [0.2, 0.25) is 0 Å². The summed E-state index contributed by atoms with van der Waals surface area (Å²) in [4.78, 5) is 15.1. The molecule has 1 aromatic heterocycles. The van der Waals surface area contributed by atoms with Crippen molar-refractivity contribution in [2.75, 3.05) is 38.6 Å². The molecule has 1 N–H and O–H groups in total. The van der Waals surface area contributed by atoms with E-state index in [9.17, 15) is 4.79 Å². The van der Waals surface area contributed by atoms with E-state index in [4.69, 9.17) is 9.52 Å². The molecule has 18 heavy (non-hydrogen) atoms. The Bertz CT molecular complexity index is 408. The van der Waals surface area contributed by atoms with E-state index in [-0.39, 0.29) is 5.76 Å². The predicted octanol–water partition coefficient (Wildman–Crippen LogP) is 1.76. The Morgan fingerprint density at radius 3 is 2.72 bits per heavy atom. The second-order valence-electron chi connectivity index (χ2n) is 5.07. The standard InChI is InChI=1S/C13H20N2O3/c1-14-7-5-10(6-8-14)9-15(2)12-4-3-11(18-12)13(16)17/h3-4,10H,5-9H2,1-2H3,(H,16,17). The van der Waals surface area contributed by atoms with Crippen LogP contribution in [-0.2, 0) is 0 Å². The number of carboxylic acid groups (broad SMARTS) is 1. The molecule has 1 saturated heterocycles. The summed E-state index contributed by atoms with van der Waals surface area (Å²) >= 11 is 0. The summed E-state index contributed by atoms with van der Waals surface area (Å²) in [6.45, 7) is 3.19. The lowest BCUT2D eigenvalue weighted by molar-refractivity contribution is 0.0663. The van der Waals surface area contributed by atoms with Crippen molar-refractivity contribution in [1.82, 2.24) is 4.90 Å². The number of hydrogen-bond donors (Lipinski definition) is 1. The zero-order valence-corrected chi connectivity index (χ0v) is 10.9. The highest BCUT2D eigenvalue weighted by Gasteiger charge is 2.20. The van der Waals surface area contributed by atoms with Crippen LogP contribution in [0.3, 0.4) is 0 Å². The van der Waals surface area contributed by atoms with Crippen molar-refractivity contribution in [3.63, 3.8) is 0 Å². The van der Waals surface area contributed by atoms with Crippen molar-refractivity contribution < 1.29 is 14.3 Å². The lowest BCUT2D eigenvalue weighted by atomic mass is 9.97. The van der Waals surface area contributed by atoms with Gasteiger partial charge in [0.15, 0.2) is 5.88 Å². The van der Waals surface area contributed by atoms with Crippen molar-refractivity contribution in [2.45, 2.75) is 12.8 Å². The zero-order chi connectivity index (χ0) is 13.1. The molecule has 100 valence electrons. The summed E-state index contributed by atoms with van der Waals surface area (Å²) in [6, 6.07) is 3.22. The maximum Gasteiger partial charge on any atom is 0.371 e. The number of likely N-dealkylation sites (tertiary alicyclic amines) is 1. The molecule has 0 atom stereocenters. The van der Waals surface area contributed by atoms with Gasteiger partial charge in [0.05, 0.1) is 0 Å². The highest BCUT2D eigenvalue weighted by atomic mass is 16.4. The number of furan rings is 1. The third kappa shape index (κ3) is 3.04. The minimum Gasteiger partial charge on any atom is -0.475 e. The van der Waals surface area contributed by atoms with Crippen LogP contribution in [0.1, 0.15) is 23.4 Å². The minimum atomic E-state index is -1.02. The Balaban J connectivity index is 1.90. The van der Waals surface area contributed by atoms with Crippen molar-refractivity contribution >= 4 is 11.9 Å². The fourth-order valence-corrected chi connectivity index (χ4v) is 2.37. The molecule has 0 aromatic carbocycles. The lowest BCUT2D eigenvalue weighted by Crippen LogP contribution is -2.35. The van der Waals surface area contributed by atoms with Crippen LogP contribution >= 0.6 is 0 Å². The summed E-state index contributed by atoms with van der Waals surface area (Å²) < 4.78 is 5.29. The number of piperidine rings is 1. The van der Waals surface area contributed by atoms with Gasteiger partial charge in [-0.2, -0.15) is 0 Å². The number of nitrogens with zero attached hydrogens (tertiary/aromatic N) is 2. The summed E-state index contributed by atoms with van der Waals surface area (Å²) in [7, 11) is 4.09. The zero-order valence-electron chi connectivity index (χ0n) is 10.9. The molecule has 0 spiro atoms. The van der Waals surface area contributed by atoms with Gasteiger partial charge in [-0.1, -0.05) is 0 Å².